The van der Waals surface area contributed by atoms with Crippen LogP contribution in [0.2, 0.25) is 0 Å². The van der Waals surface area contributed by atoms with Crippen molar-refractivity contribution in [3.05, 3.63) is 24.3 Å². The predicted molar refractivity (Wildman–Crippen MR) is 53.3 cm³/mol. The minimum Gasteiger partial charge on any atom is -0.508 e. The van der Waals surface area contributed by atoms with Crippen LogP contribution in [0.3, 0.4) is 0 Å². The Balaban J connectivity index is 2.54. The van der Waals surface area contributed by atoms with Crippen LogP contribution >= 0.6 is 0 Å². The first-order chi connectivity index (χ1) is 6.53. The SMILES string of the molecule is CC(O)(CN)COc1cccc(O)c1. The molecular weight excluding hydrogens is 182 g/mol. The third kappa shape index (κ3) is 3.24. The zero-order valence-corrected chi connectivity index (χ0v) is 8.10. The van der Waals surface area contributed by atoms with Gasteiger partial charge in [0.1, 0.15) is 23.7 Å². The van der Waals surface area contributed by atoms with Gasteiger partial charge >= 0.3 is 0 Å². The molecule has 0 aliphatic carbocycles. The van der Waals surface area contributed by atoms with Crippen LogP contribution in [0, 0.1) is 0 Å². The first-order valence-electron chi connectivity index (χ1n) is 4.38. The quantitative estimate of drug-likeness (QED) is 0.656. The molecular formula is C10H15NO3. The number of nitrogens with two attached hydrogens (primary N) is 1. The Kier molecular flexibility index (Phi) is 3.33. The summed E-state index contributed by atoms with van der Waals surface area (Å²) in [5.74, 6) is 0.647. The fourth-order valence-electron chi connectivity index (χ4n) is 0.871. The maximum Gasteiger partial charge on any atom is 0.123 e. The number of phenols is 1. The third-order valence-corrected chi connectivity index (χ3v) is 1.81. The van der Waals surface area contributed by atoms with E-state index in [1.807, 2.05) is 0 Å². The highest BCUT2D eigenvalue weighted by Crippen LogP contribution is 2.18. The topological polar surface area (TPSA) is 75.7 Å². The van der Waals surface area contributed by atoms with E-state index in [9.17, 15) is 5.11 Å². The third-order valence-electron chi connectivity index (χ3n) is 1.81. The summed E-state index contributed by atoms with van der Waals surface area (Å²) in [5.41, 5.74) is 4.28. The minimum atomic E-state index is -1.04. The molecule has 0 aliphatic heterocycles. The molecule has 0 bridgehead atoms. The van der Waals surface area contributed by atoms with E-state index < -0.39 is 5.60 Å². The van der Waals surface area contributed by atoms with Gasteiger partial charge in [-0.1, -0.05) is 6.07 Å². The van der Waals surface area contributed by atoms with Gasteiger partial charge in [-0.2, -0.15) is 0 Å². The van der Waals surface area contributed by atoms with Crippen molar-refractivity contribution >= 4 is 0 Å². The van der Waals surface area contributed by atoms with E-state index in [-0.39, 0.29) is 18.9 Å². The first-order valence-corrected chi connectivity index (χ1v) is 4.38. The van der Waals surface area contributed by atoms with Crippen molar-refractivity contribution in [2.24, 2.45) is 5.73 Å². The van der Waals surface area contributed by atoms with Crippen LogP contribution in [0.1, 0.15) is 6.92 Å². The van der Waals surface area contributed by atoms with Crippen LogP contribution in [-0.2, 0) is 0 Å². The molecule has 1 aromatic rings. The number of ether oxygens (including phenoxy) is 1. The first kappa shape index (κ1) is 10.8. The smallest absolute Gasteiger partial charge is 0.123 e. The van der Waals surface area contributed by atoms with Crippen molar-refractivity contribution in [1.82, 2.24) is 0 Å². The molecule has 4 nitrogen and oxygen atoms in total. The van der Waals surface area contributed by atoms with E-state index in [2.05, 4.69) is 0 Å². The van der Waals surface area contributed by atoms with Crippen LogP contribution in [-0.4, -0.2) is 29.0 Å². The molecule has 14 heavy (non-hydrogen) atoms. The second-order valence-electron chi connectivity index (χ2n) is 3.49. The molecule has 4 N–H and O–H groups in total. The summed E-state index contributed by atoms with van der Waals surface area (Å²) >= 11 is 0. The lowest BCUT2D eigenvalue weighted by Gasteiger charge is -2.21. The summed E-state index contributed by atoms with van der Waals surface area (Å²) in [6.07, 6.45) is 0. The van der Waals surface area contributed by atoms with Crippen molar-refractivity contribution in [3.63, 3.8) is 0 Å². The molecule has 0 aliphatic rings. The van der Waals surface area contributed by atoms with E-state index >= 15 is 0 Å². The fraction of sp³-hybridized carbons (Fsp3) is 0.400. The molecule has 0 spiro atoms. The van der Waals surface area contributed by atoms with E-state index in [1.54, 1.807) is 25.1 Å². The summed E-state index contributed by atoms with van der Waals surface area (Å²) in [6, 6.07) is 6.40. The average Bonchev–Trinajstić information content (AvgIpc) is 2.15. The molecule has 0 heterocycles. The second-order valence-corrected chi connectivity index (χ2v) is 3.49. The van der Waals surface area contributed by atoms with E-state index in [0.717, 1.165) is 0 Å². The van der Waals surface area contributed by atoms with Gasteiger partial charge in [0.2, 0.25) is 0 Å². The summed E-state index contributed by atoms with van der Waals surface area (Å²) in [7, 11) is 0. The van der Waals surface area contributed by atoms with Crippen LogP contribution < -0.4 is 10.5 Å². The van der Waals surface area contributed by atoms with Gasteiger partial charge in [-0.05, 0) is 19.1 Å². The standard InChI is InChI=1S/C10H15NO3/c1-10(13,6-11)7-14-9-4-2-3-8(12)5-9/h2-5,12-13H,6-7,11H2,1H3. The molecule has 0 fully saturated rings. The predicted octanol–water partition coefficient (Wildman–Crippen LogP) is 0.481. The van der Waals surface area contributed by atoms with Gasteiger partial charge in [0, 0.05) is 12.6 Å². The van der Waals surface area contributed by atoms with Gasteiger partial charge in [-0.3, -0.25) is 0 Å². The maximum absolute atomic E-state index is 9.54. The molecule has 1 unspecified atom stereocenters. The number of hydrogen-bond acceptors (Lipinski definition) is 4. The Morgan fingerprint density at radius 3 is 2.79 bits per heavy atom. The largest absolute Gasteiger partial charge is 0.508 e. The Morgan fingerprint density at radius 1 is 1.50 bits per heavy atom. The van der Waals surface area contributed by atoms with Crippen molar-refractivity contribution in [1.29, 1.82) is 0 Å². The Morgan fingerprint density at radius 2 is 2.21 bits per heavy atom. The maximum atomic E-state index is 9.54. The van der Waals surface area contributed by atoms with Crippen molar-refractivity contribution in [2.75, 3.05) is 13.2 Å². The van der Waals surface area contributed by atoms with Gasteiger partial charge in [-0.15, -0.1) is 0 Å². The summed E-state index contributed by atoms with van der Waals surface area (Å²) in [5, 5.41) is 18.7. The molecule has 0 radical (unpaired) electrons. The molecule has 78 valence electrons. The summed E-state index contributed by atoms with van der Waals surface area (Å²) in [6.45, 7) is 1.83. The number of rotatable bonds is 4. The van der Waals surface area contributed by atoms with Gasteiger partial charge in [0.05, 0.1) is 0 Å². The van der Waals surface area contributed by atoms with Gasteiger partial charge in [0.25, 0.3) is 0 Å². The number of hydrogen-bond donors (Lipinski definition) is 3. The van der Waals surface area contributed by atoms with E-state index in [0.29, 0.717) is 5.75 Å². The zero-order valence-electron chi connectivity index (χ0n) is 8.10. The number of benzene rings is 1. The van der Waals surface area contributed by atoms with Gasteiger partial charge in [0.15, 0.2) is 0 Å². The van der Waals surface area contributed by atoms with Crippen LogP contribution in [0.4, 0.5) is 0 Å². The zero-order chi connectivity index (χ0) is 10.6. The van der Waals surface area contributed by atoms with Crippen LogP contribution in [0.25, 0.3) is 0 Å². The lowest BCUT2D eigenvalue weighted by atomic mass is 10.1. The highest BCUT2D eigenvalue weighted by Gasteiger charge is 2.18. The molecule has 1 aromatic carbocycles. The number of aromatic hydroxyl groups is 1. The monoisotopic (exact) mass is 197 g/mol. The second kappa shape index (κ2) is 4.30. The summed E-state index contributed by atoms with van der Waals surface area (Å²) < 4.78 is 5.25. The fourth-order valence-corrected chi connectivity index (χ4v) is 0.871. The lowest BCUT2D eigenvalue weighted by molar-refractivity contribution is 0.0195. The highest BCUT2D eigenvalue weighted by atomic mass is 16.5. The normalized spacial score (nSPS) is 14.8. The molecule has 0 saturated heterocycles. The average molecular weight is 197 g/mol. The molecule has 0 saturated carbocycles. The van der Waals surface area contributed by atoms with Crippen LogP contribution in [0.15, 0.2) is 24.3 Å². The van der Waals surface area contributed by atoms with Crippen LogP contribution in [0.5, 0.6) is 11.5 Å². The number of aliphatic hydroxyl groups is 1. The van der Waals surface area contributed by atoms with E-state index in [1.165, 1.54) is 6.07 Å². The molecule has 4 heteroatoms. The minimum absolute atomic E-state index is 0.104. The molecule has 0 aromatic heterocycles. The van der Waals surface area contributed by atoms with Crippen molar-refractivity contribution < 1.29 is 14.9 Å². The highest BCUT2D eigenvalue weighted by molar-refractivity contribution is 5.31. The Labute approximate surface area is 82.9 Å². The van der Waals surface area contributed by atoms with Crippen molar-refractivity contribution in [2.45, 2.75) is 12.5 Å². The Hall–Kier alpha value is -1.26. The van der Waals surface area contributed by atoms with E-state index in [4.69, 9.17) is 15.6 Å². The number of phenolic OH excluding ortho intramolecular Hbond substituents is 1. The summed E-state index contributed by atoms with van der Waals surface area (Å²) in [4.78, 5) is 0. The lowest BCUT2D eigenvalue weighted by Crippen LogP contribution is -2.40. The van der Waals surface area contributed by atoms with Gasteiger partial charge < -0.3 is 20.7 Å². The Bertz CT molecular complexity index is 299. The molecule has 0 amide bonds. The van der Waals surface area contributed by atoms with Crippen molar-refractivity contribution in [3.8, 4) is 11.5 Å². The van der Waals surface area contributed by atoms with Gasteiger partial charge in [-0.25, -0.2) is 0 Å². The molecule has 1 rings (SSSR count). The molecule has 1 atom stereocenters.